The van der Waals surface area contributed by atoms with E-state index in [0.29, 0.717) is 58.1 Å². The molecule has 0 spiro atoms. The molecule has 8 aromatic rings. The molecule has 4 aliphatic rings. The van der Waals surface area contributed by atoms with Crippen molar-refractivity contribution in [3.8, 4) is 69.0 Å². The monoisotopic (exact) mass is 1770 g/mol. The molecular weight excluding hydrogens is 1650 g/mol. The molecule has 27 nitrogen and oxygen atoms in total. The van der Waals surface area contributed by atoms with E-state index in [9.17, 15) is 56.0 Å². The van der Waals surface area contributed by atoms with Gasteiger partial charge < -0.3 is 101 Å². The van der Waals surface area contributed by atoms with Gasteiger partial charge in [0.1, 0.15) is 122 Å². The minimum absolute atomic E-state index is 0.0237. The van der Waals surface area contributed by atoms with E-state index in [1.165, 1.54) is 186 Å². The van der Waals surface area contributed by atoms with E-state index in [-0.39, 0.29) is 33.6 Å². The van der Waals surface area contributed by atoms with Crippen LogP contribution in [0.3, 0.4) is 0 Å². The number of hydrogen-bond donors (Lipinski definition) is 8. The number of hydrogen-bond acceptors (Lipinski definition) is 23. The lowest BCUT2D eigenvalue weighted by molar-refractivity contribution is -0.991. The molecule has 4 aliphatic carbocycles. The number of allylic oxidation sites excluding steroid dienone is 9. The molecule has 0 amide bonds. The summed E-state index contributed by atoms with van der Waals surface area (Å²) in [6.45, 7) is 10.5. The van der Waals surface area contributed by atoms with Crippen LogP contribution in [-0.2, 0) is 60.7 Å². The zero-order valence-corrected chi connectivity index (χ0v) is 75.8. The summed E-state index contributed by atoms with van der Waals surface area (Å²) >= 11 is 0. The Hall–Kier alpha value is -12.3. The molecule has 8 atom stereocenters. The fourth-order valence-corrected chi connectivity index (χ4v) is 17.6. The van der Waals surface area contributed by atoms with Gasteiger partial charge in [0.05, 0.1) is 138 Å². The number of aliphatic hydroxyl groups is 2. The number of carbonyl (C=O) groups is 2. The molecule has 2 saturated carbocycles. The maximum atomic E-state index is 11.9. The maximum absolute atomic E-state index is 11.9. The number of ketones is 2. The van der Waals surface area contributed by atoms with Gasteiger partial charge in [-0.05, 0) is 199 Å². The minimum Gasteiger partial charge on any atom is -0.744 e. The third-order valence-corrected chi connectivity index (χ3v) is 24.5. The van der Waals surface area contributed by atoms with Gasteiger partial charge in [0, 0.05) is 36.8 Å². The van der Waals surface area contributed by atoms with Crippen molar-refractivity contribution in [2.45, 2.75) is 112 Å². The minimum atomic E-state index is -4.84. The molecule has 2 fully saturated rings. The number of aliphatic hydroxyl groups excluding tert-OH is 2. The van der Waals surface area contributed by atoms with Gasteiger partial charge in [0.25, 0.3) is 0 Å². The molecule has 0 radical (unpaired) electrons. The van der Waals surface area contributed by atoms with Crippen molar-refractivity contribution in [2.75, 3.05) is 106 Å². The van der Waals surface area contributed by atoms with E-state index < -0.39 is 58.9 Å². The smallest absolute Gasteiger partial charge is 0.220 e. The van der Waals surface area contributed by atoms with Gasteiger partial charge in [-0.2, -0.15) is 0 Å². The predicted octanol–water partition coefficient (Wildman–Crippen LogP) is 10.2. The van der Waals surface area contributed by atoms with Crippen LogP contribution in [0.15, 0.2) is 252 Å². The molecule has 29 heteroatoms. The molecule has 4 unspecified atom stereocenters. The van der Waals surface area contributed by atoms with E-state index in [1.54, 1.807) is 94.3 Å². The first-order valence-electron chi connectivity index (χ1n) is 40.8. The van der Waals surface area contributed by atoms with Crippen LogP contribution in [0.1, 0.15) is 95.9 Å². The quantitative estimate of drug-likeness (QED) is 0.00897. The van der Waals surface area contributed by atoms with Crippen LogP contribution in [0.4, 0.5) is 0 Å². The van der Waals surface area contributed by atoms with Gasteiger partial charge in [-0.1, -0.05) is 73.8 Å². The third kappa shape index (κ3) is 26.4. The van der Waals surface area contributed by atoms with Crippen molar-refractivity contribution in [3.05, 3.63) is 286 Å². The molecule has 0 saturated heterocycles. The van der Waals surface area contributed by atoms with Gasteiger partial charge in [-0.25, -0.2) is 16.8 Å². The van der Waals surface area contributed by atoms with Gasteiger partial charge in [0.2, 0.25) is 11.6 Å². The number of methoxy groups -OCH3 is 11. The topological polar surface area (TPSA) is 349 Å². The molecule has 126 heavy (non-hydrogen) atoms. The standard InChI is InChI=1S/2C26H38N2O4.C21H18O7S.C19H14O7S.C5H8O/c2*1-27(17-19-15-21(29-3)11-13-25(19)31-5)23-9-7-8-10-24(23)28(2)18-20-16-22(30-4)12-14-26(20)32-6;1-27-18-10-8-14(12-19(18)28-2)21(13-7-9-16(22)17(23)11-13)15-5-3-4-6-20(15)29(24,25)26;20-14-7-5-11(9-16(14)22)19(12-6-8-15(21)17(23)10-12)13-3-1-2-4-18(13)27(24,25)26;1-4-5(2)6-3/h2*11-16,23-24H,7-10,17-18H2,1-6H3;3-12,23H,1-2H3,(H,24,25,26);1-10,20,22-23H,(H,24,25,26);4H,1-2H2,3H3/p+2/b;;21-13-;19-12-;/t2*23-,24-;;;/m00.../s1. The molecule has 0 bridgehead atoms. The SMILES string of the molecule is C=CC(=C)OC.COc1ccc(/C(=C2\C=CC(=O)C(O)=C2)c2ccccc2S(=O)(=O)[O-])cc1OC.COc1ccc(OC)c(C[NH+](C)[C@H]2CCCC[C@@H]2[NH+](C)Cc2cc(OC)ccc2OC)c1.COc1ccc(OC)c(C[NH+](C)[C@H]2CCCC[C@@H]2[NH+](C)Cc2cc(OC)ccc2OC)c1.O=C1C=C/C(=C(\c2ccc(O)c(O)c2)c2ccccc2S(=O)(=O)[O-])C=C1O. The number of phenolic OH excluding ortho intramolecular Hbond substituents is 2. The first-order valence-corrected chi connectivity index (χ1v) is 43.7. The Labute approximate surface area is 739 Å². The second-order valence-electron chi connectivity index (χ2n) is 30.5. The Morgan fingerprint density at radius 3 is 0.960 bits per heavy atom. The van der Waals surface area contributed by atoms with Crippen LogP contribution < -0.4 is 67.0 Å². The third-order valence-electron chi connectivity index (χ3n) is 22.7. The molecule has 12 rings (SSSR count). The van der Waals surface area contributed by atoms with Gasteiger partial charge in [-0.15, -0.1) is 0 Å². The normalized spacial score (nSPS) is 17.7. The van der Waals surface area contributed by atoms with Crippen LogP contribution in [0.25, 0.3) is 11.1 Å². The fraction of sp³-hybridized carbons (Fsp3) is 0.320. The van der Waals surface area contributed by atoms with E-state index in [2.05, 4.69) is 70.4 Å². The zero-order valence-electron chi connectivity index (χ0n) is 74.1. The van der Waals surface area contributed by atoms with Gasteiger partial charge >= 0.3 is 0 Å². The Bertz CT molecular complexity index is 5280. The Morgan fingerprint density at radius 2 is 0.690 bits per heavy atom. The molecule has 8 N–H and O–H groups in total. The highest BCUT2D eigenvalue weighted by Crippen LogP contribution is 2.41. The van der Waals surface area contributed by atoms with Crippen molar-refractivity contribution >= 4 is 42.9 Å². The molecule has 0 heterocycles. The molecular formula is C97H118N4O23S2+2. The zero-order chi connectivity index (χ0) is 92.1. The lowest BCUT2D eigenvalue weighted by Crippen LogP contribution is -3.23. The van der Waals surface area contributed by atoms with E-state index in [4.69, 9.17) is 47.4 Å². The number of carbonyl (C=O) groups excluding carboxylic acids is 2. The van der Waals surface area contributed by atoms with E-state index >= 15 is 0 Å². The largest absolute Gasteiger partial charge is 0.744 e. The summed E-state index contributed by atoms with van der Waals surface area (Å²) in [7, 11) is 18.0. The summed E-state index contributed by atoms with van der Waals surface area (Å²) in [5.41, 5.74) is 6.80. The number of aromatic hydroxyl groups is 2. The van der Waals surface area contributed by atoms with Crippen molar-refractivity contribution < 1.29 is 128 Å². The van der Waals surface area contributed by atoms with Gasteiger partial charge in [0.15, 0.2) is 34.5 Å². The second kappa shape index (κ2) is 47.1. The highest BCUT2D eigenvalue weighted by molar-refractivity contribution is 7.86. The van der Waals surface area contributed by atoms with Crippen LogP contribution >= 0.6 is 0 Å². The first kappa shape index (κ1) is 99.1. The van der Waals surface area contributed by atoms with E-state index in [1.807, 2.05) is 48.5 Å². The molecule has 674 valence electrons. The summed E-state index contributed by atoms with van der Waals surface area (Å²) in [5.74, 6) is 5.56. The summed E-state index contributed by atoms with van der Waals surface area (Å²) < 4.78 is 130. The Balaban J connectivity index is 0.000000204. The number of likely N-dealkylation sites (N-methyl/N-ethyl adjacent to an activating group) is 4. The van der Waals surface area contributed by atoms with E-state index in [0.717, 1.165) is 90.4 Å². The lowest BCUT2D eigenvalue weighted by Gasteiger charge is -2.38. The number of nitrogens with one attached hydrogen (secondary N) is 4. The number of benzene rings is 8. The molecule has 0 aromatic heterocycles. The predicted molar refractivity (Wildman–Crippen MR) is 479 cm³/mol. The number of phenols is 2. The first-order chi connectivity index (χ1) is 60.2. The summed E-state index contributed by atoms with van der Waals surface area (Å²) in [6, 6.07) is 46.5. The second-order valence-corrected chi connectivity index (χ2v) is 33.2. The van der Waals surface area contributed by atoms with Gasteiger partial charge in [-0.3, -0.25) is 9.59 Å². The number of quaternary nitrogens is 4. The average molecular weight is 1770 g/mol. The molecule has 0 aliphatic heterocycles. The fourth-order valence-electron chi connectivity index (χ4n) is 16.3. The van der Waals surface area contributed by atoms with Crippen molar-refractivity contribution in [1.82, 2.24) is 0 Å². The highest BCUT2D eigenvalue weighted by Gasteiger charge is 2.40. The van der Waals surface area contributed by atoms with Crippen LogP contribution in [0.2, 0.25) is 0 Å². The highest BCUT2D eigenvalue weighted by atomic mass is 32.2. The average Bonchev–Trinajstić information content (AvgIpc) is 0.777. The summed E-state index contributed by atoms with van der Waals surface area (Å²) in [6.07, 6.45) is 19.1. The number of rotatable bonds is 30. The van der Waals surface area contributed by atoms with Crippen molar-refractivity contribution in [2.24, 2.45) is 0 Å². The maximum Gasteiger partial charge on any atom is 0.220 e. The van der Waals surface area contributed by atoms with Crippen molar-refractivity contribution in [3.63, 3.8) is 0 Å². The molecule has 8 aromatic carbocycles. The lowest BCUT2D eigenvalue weighted by atomic mass is 9.88. The van der Waals surface area contributed by atoms with Crippen molar-refractivity contribution in [1.29, 1.82) is 0 Å². The van der Waals surface area contributed by atoms with Crippen LogP contribution in [0, 0.1) is 0 Å². The van der Waals surface area contributed by atoms with Crippen LogP contribution in [0.5, 0.6) is 69.0 Å². The Morgan fingerprint density at radius 1 is 0.389 bits per heavy atom. The van der Waals surface area contributed by atoms with Crippen LogP contribution in [-0.4, -0.2) is 188 Å². The summed E-state index contributed by atoms with van der Waals surface area (Å²) in [5, 5.41) is 39.1. The number of ether oxygens (including phenoxy) is 11. The summed E-state index contributed by atoms with van der Waals surface area (Å²) in [4.78, 5) is 28.3. The Kier molecular flexibility index (Phi) is 37.1.